The number of esters is 1. The quantitative estimate of drug-likeness (QED) is 0.472. The van der Waals surface area contributed by atoms with Crippen molar-refractivity contribution in [2.45, 2.75) is 19.3 Å². The SMILES string of the molecule is O=C(COC(=O)[C@H]1CC=CCC1)NCCOc1ccc(Cl)cc1. The van der Waals surface area contributed by atoms with E-state index in [1.807, 2.05) is 6.08 Å². The highest BCUT2D eigenvalue weighted by Crippen LogP contribution is 2.19. The van der Waals surface area contributed by atoms with Gasteiger partial charge in [0.1, 0.15) is 12.4 Å². The maximum absolute atomic E-state index is 11.8. The molecule has 0 aliphatic heterocycles. The Morgan fingerprint density at radius 1 is 1.22 bits per heavy atom. The largest absolute Gasteiger partial charge is 0.492 e. The van der Waals surface area contributed by atoms with E-state index < -0.39 is 0 Å². The van der Waals surface area contributed by atoms with Crippen LogP contribution in [0.1, 0.15) is 19.3 Å². The zero-order valence-corrected chi connectivity index (χ0v) is 13.6. The van der Waals surface area contributed by atoms with Crippen LogP contribution in [0.15, 0.2) is 36.4 Å². The van der Waals surface area contributed by atoms with Crippen LogP contribution in [0.2, 0.25) is 5.02 Å². The molecule has 0 saturated heterocycles. The minimum atomic E-state index is -0.329. The van der Waals surface area contributed by atoms with Crippen molar-refractivity contribution < 1.29 is 19.1 Å². The van der Waals surface area contributed by atoms with Crippen LogP contribution in [-0.2, 0) is 14.3 Å². The first-order valence-corrected chi connectivity index (χ1v) is 7.99. The molecular weight excluding hydrogens is 318 g/mol. The number of hydrogen-bond acceptors (Lipinski definition) is 4. The van der Waals surface area contributed by atoms with Crippen molar-refractivity contribution in [1.82, 2.24) is 5.32 Å². The highest BCUT2D eigenvalue weighted by Gasteiger charge is 2.20. The van der Waals surface area contributed by atoms with Crippen LogP contribution in [0.3, 0.4) is 0 Å². The van der Waals surface area contributed by atoms with Crippen molar-refractivity contribution >= 4 is 23.5 Å². The van der Waals surface area contributed by atoms with Gasteiger partial charge in [-0.25, -0.2) is 0 Å². The number of halogens is 1. The first-order valence-electron chi connectivity index (χ1n) is 7.62. The standard InChI is InChI=1S/C17H20ClNO4/c18-14-6-8-15(9-7-14)22-11-10-19-16(20)12-23-17(21)13-4-2-1-3-5-13/h1-2,6-9,13H,3-5,10-12H2,(H,19,20)/t13-/m0/s1. The van der Waals surface area contributed by atoms with E-state index in [9.17, 15) is 9.59 Å². The third-order valence-electron chi connectivity index (χ3n) is 3.45. The molecule has 23 heavy (non-hydrogen) atoms. The first-order chi connectivity index (χ1) is 11.1. The zero-order chi connectivity index (χ0) is 16.5. The summed E-state index contributed by atoms with van der Waals surface area (Å²) in [6.45, 7) is 0.417. The molecule has 1 amide bonds. The van der Waals surface area contributed by atoms with E-state index >= 15 is 0 Å². The topological polar surface area (TPSA) is 64.6 Å². The molecule has 6 heteroatoms. The van der Waals surface area contributed by atoms with Crippen LogP contribution < -0.4 is 10.1 Å². The monoisotopic (exact) mass is 337 g/mol. The number of hydrogen-bond donors (Lipinski definition) is 1. The van der Waals surface area contributed by atoms with Crippen LogP contribution in [0.4, 0.5) is 0 Å². The summed E-state index contributed by atoms with van der Waals surface area (Å²) >= 11 is 5.77. The lowest BCUT2D eigenvalue weighted by molar-refractivity contribution is -0.152. The molecule has 0 saturated carbocycles. The van der Waals surface area contributed by atoms with Crippen LogP contribution in [0.25, 0.3) is 0 Å². The fourth-order valence-electron chi connectivity index (χ4n) is 2.20. The van der Waals surface area contributed by atoms with E-state index in [4.69, 9.17) is 21.1 Å². The smallest absolute Gasteiger partial charge is 0.309 e. The molecule has 124 valence electrons. The second-order valence-electron chi connectivity index (χ2n) is 5.24. The van der Waals surface area contributed by atoms with E-state index in [1.165, 1.54) is 0 Å². The Kier molecular flexibility index (Phi) is 6.94. The third-order valence-corrected chi connectivity index (χ3v) is 3.71. The Hall–Kier alpha value is -2.01. The lowest BCUT2D eigenvalue weighted by Crippen LogP contribution is -2.33. The minimum absolute atomic E-state index is 0.124. The number of benzene rings is 1. The molecule has 0 aromatic heterocycles. The average molecular weight is 338 g/mol. The summed E-state index contributed by atoms with van der Waals surface area (Å²) in [7, 11) is 0. The maximum atomic E-state index is 11.8. The lowest BCUT2D eigenvalue weighted by Gasteiger charge is -2.16. The van der Waals surface area contributed by atoms with Gasteiger partial charge in [-0.15, -0.1) is 0 Å². The average Bonchev–Trinajstić information content (AvgIpc) is 2.59. The number of rotatable bonds is 7. The highest BCUT2D eigenvalue weighted by molar-refractivity contribution is 6.30. The Bertz CT molecular complexity index is 556. The van der Waals surface area contributed by atoms with Gasteiger partial charge in [0.25, 0.3) is 5.91 Å². The fourth-order valence-corrected chi connectivity index (χ4v) is 2.33. The van der Waals surface area contributed by atoms with Crippen LogP contribution in [0, 0.1) is 5.92 Å². The Labute approximate surface area is 140 Å². The molecule has 0 heterocycles. The van der Waals surface area contributed by atoms with Gasteiger partial charge < -0.3 is 14.8 Å². The number of carbonyl (C=O) groups is 2. The van der Waals surface area contributed by atoms with Gasteiger partial charge in [-0.3, -0.25) is 9.59 Å². The normalized spacial score (nSPS) is 16.7. The summed E-state index contributed by atoms with van der Waals surface area (Å²) in [4.78, 5) is 23.4. The van der Waals surface area contributed by atoms with Crippen molar-refractivity contribution in [2.24, 2.45) is 5.92 Å². The van der Waals surface area contributed by atoms with Gasteiger partial charge in [0.05, 0.1) is 12.5 Å². The van der Waals surface area contributed by atoms with E-state index in [0.717, 1.165) is 12.8 Å². The molecule has 0 radical (unpaired) electrons. The van der Waals surface area contributed by atoms with Crippen molar-refractivity contribution in [1.29, 1.82) is 0 Å². The number of ether oxygens (including phenoxy) is 2. The van der Waals surface area contributed by atoms with E-state index in [1.54, 1.807) is 24.3 Å². The molecule has 2 rings (SSSR count). The van der Waals surface area contributed by atoms with Gasteiger partial charge in [-0.05, 0) is 43.5 Å². The molecule has 1 aromatic rings. The zero-order valence-electron chi connectivity index (χ0n) is 12.8. The Morgan fingerprint density at radius 2 is 2.00 bits per heavy atom. The van der Waals surface area contributed by atoms with E-state index in [-0.39, 0.29) is 24.4 Å². The fraction of sp³-hybridized carbons (Fsp3) is 0.412. The molecule has 1 N–H and O–H groups in total. The molecule has 5 nitrogen and oxygen atoms in total. The van der Waals surface area contributed by atoms with Crippen molar-refractivity contribution in [2.75, 3.05) is 19.8 Å². The summed E-state index contributed by atoms with van der Waals surface area (Å²) in [6.07, 6.45) is 6.38. The third kappa shape index (κ3) is 6.32. The van der Waals surface area contributed by atoms with Crippen LogP contribution in [0.5, 0.6) is 5.75 Å². The Balaban J connectivity index is 1.57. The summed E-state index contributed by atoms with van der Waals surface area (Å²) in [5.74, 6) is -0.0761. The molecular formula is C17H20ClNO4. The maximum Gasteiger partial charge on any atom is 0.309 e. The molecule has 0 spiro atoms. The molecule has 1 aliphatic rings. The Morgan fingerprint density at radius 3 is 2.70 bits per heavy atom. The summed E-state index contributed by atoms with van der Waals surface area (Å²) < 4.78 is 10.5. The predicted molar refractivity (Wildman–Crippen MR) is 87.4 cm³/mol. The summed E-state index contributed by atoms with van der Waals surface area (Å²) in [5, 5.41) is 3.28. The molecule has 1 atom stereocenters. The number of amides is 1. The number of carbonyl (C=O) groups excluding carboxylic acids is 2. The first kappa shape index (κ1) is 17.3. The molecule has 1 aromatic carbocycles. The van der Waals surface area contributed by atoms with Crippen molar-refractivity contribution in [3.63, 3.8) is 0 Å². The van der Waals surface area contributed by atoms with Gasteiger partial charge in [0.2, 0.25) is 0 Å². The molecule has 0 fully saturated rings. The van der Waals surface area contributed by atoms with Gasteiger partial charge >= 0.3 is 5.97 Å². The number of allylic oxidation sites excluding steroid dienone is 2. The van der Waals surface area contributed by atoms with Gasteiger partial charge in [-0.1, -0.05) is 23.8 Å². The molecule has 0 unspecified atom stereocenters. The van der Waals surface area contributed by atoms with Crippen molar-refractivity contribution in [3.8, 4) is 5.75 Å². The summed E-state index contributed by atoms with van der Waals surface area (Å²) in [6, 6.07) is 6.97. The number of nitrogens with one attached hydrogen (secondary N) is 1. The molecule has 0 bridgehead atoms. The predicted octanol–water partition coefficient (Wildman–Crippen LogP) is 2.73. The van der Waals surface area contributed by atoms with Gasteiger partial charge in [0, 0.05) is 5.02 Å². The van der Waals surface area contributed by atoms with Gasteiger partial charge in [-0.2, -0.15) is 0 Å². The lowest BCUT2D eigenvalue weighted by atomic mass is 9.95. The van der Waals surface area contributed by atoms with Crippen LogP contribution >= 0.6 is 11.6 Å². The van der Waals surface area contributed by atoms with Crippen LogP contribution in [-0.4, -0.2) is 31.6 Å². The van der Waals surface area contributed by atoms with E-state index in [0.29, 0.717) is 30.3 Å². The van der Waals surface area contributed by atoms with Crippen molar-refractivity contribution in [3.05, 3.63) is 41.4 Å². The molecule has 1 aliphatic carbocycles. The second kappa shape index (κ2) is 9.20. The highest BCUT2D eigenvalue weighted by atomic mass is 35.5. The minimum Gasteiger partial charge on any atom is -0.492 e. The van der Waals surface area contributed by atoms with E-state index in [2.05, 4.69) is 11.4 Å². The van der Waals surface area contributed by atoms with Gasteiger partial charge in [0.15, 0.2) is 6.61 Å². The second-order valence-corrected chi connectivity index (χ2v) is 5.68. The summed E-state index contributed by atoms with van der Waals surface area (Å²) in [5.41, 5.74) is 0.